The van der Waals surface area contributed by atoms with Crippen LogP contribution < -0.4 is 4.74 Å². The molecule has 5 nitrogen and oxygen atoms in total. The largest absolute Gasteiger partial charge is 0.476 e. The van der Waals surface area contributed by atoms with Crippen molar-refractivity contribution in [1.82, 2.24) is 0 Å². The molecule has 2 aromatic carbocycles. The van der Waals surface area contributed by atoms with Crippen LogP contribution >= 0.6 is 11.6 Å². The van der Waals surface area contributed by atoms with Crippen LogP contribution in [-0.4, -0.2) is 15.0 Å². The molecule has 6 heteroatoms. The molecule has 1 aliphatic rings. The van der Waals surface area contributed by atoms with Crippen molar-refractivity contribution in [3.05, 3.63) is 87.5 Å². The van der Waals surface area contributed by atoms with Crippen LogP contribution in [0.15, 0.2) is 55.1 Å². The maximum atomic E-state index is 11.8. The van der Waals surface area contributed by atoms with E-state index in [0.29, 0.717) is 23.3 Å². The summed E-state index contributed by atoms with van der Waals surface area (Å²) >= 11 is 6.36. The van der Waals surface area contributed by atoms with E-state index in [9.17, 15) is 15.2 Å². The molecular formula is C19H18ClNO4. The molecule has 0 bridgehead atoms. The molecule has 3 atom stereocenters. The molecule has 3 rings (SSSR count). The second-order valence-corrected chi connectivity index (χ2v) is 6.73. The minimum absolute atomic E-state index is 0.314. The highest BCUT2D eigenvalue weighted by molar-refractivity contribution is 6.23. The van der Waals surface area contributed by atoms with Crippen LogP contribution in [0, 0.1) is 17.0 Å². The fourth-order valence-electron chi connectivity index (χ4n) is 3.08. The molecule has 2 aromatic rings. The Kier molecular flexibility index (Phi) is 4.54. The van der Waals surface area contributed by atoms with Gasteiger partial charge in [-0.15, -0.1) is 6.58 Å². The zero-order valence-electron chi connectivity index (χ0n) is 13.7. The van der Waals surface area contributed by atoms with Crippen LogP contribution in [0.25, 0.3) is 0 Å². The summed E-state index contributed by atoms with van der Waals surface area (Å²) in [6.07, 6.45) is -0.408. The Labute approximate surface area is 150 Å². The topological polar surface area (TPSA) is 72.6 Å². The number of aryl methyl sites for hydroxylation is 1. The quantitative estimate of drug-likeness (QED) is 0.293. The van der Waals surface area contributed by atoms with Crippen molar-refractivity contribution in [3.8, 4) is 5.75 Å². The summed E-state index contributed by atoms with van der Waals surface area (Å²) in [5, 5.41) is 22.5. The molecule has 0 spiro atoms. The zero-order chi connectivity index (χ0) is 18.2. The predicted molar refractivity (Wildman–Crippen MR) is 95.4 cm³/mol. The lowest BCUT2D eigenvalue weighted by Gasteiger charge is -2.38. The number of aliphatic hydroxyl groups is 1. The summed E-state index contributed by atoms with van der Waals surface area (Å²) in [6.45, 7) is 5.63. The van der Waals surface area contributed by atoms with Gasteiger partial charge in [-0.05, 0) is 30.5 Å². The third-order valence-electron chi connectivity index (χ3n) is 4.43. The number of hydrogen-bond donors (Lipinski definition) is 1. The smallest absolute Gasteiger partial charge is 0.364 e. The van der Waals surface area contributed by atoms with E-state index in [4.69, 9.17) is 16.3 Å². The lowest BCUT2D eigenvalue weighted by atomic mass is 9.88. The molecule has 0 amide bonds. The van der Waals surface area contributed by atoms with Crippen molar-refractivity contribution in [1.29, 1.82) is 0 Å². The van der Waals surface area contributed by atoms with E-state index in [-0.39, 0.29) is 0 Å². The van der Waals surface area contributed by atoms with Crippen LogP contribution in [0.1, 0.15) is 34.5 Å². The van der Waals surface area contributed by atoms with Gasteiger partial charge in [0.25, 0.3) is 0 Å². The number of aliphatic hydroxyl groups excluding tert-OH is 1. The van der Waals surface area contributed by atoms with E-state index in [1.165, 1.54) is 0 Å². The first-order valence-electron chi connectivity index (χ1n) is 7.87. The van der Waals surface area contributed by atoms with E-state index in [0.717, 1.165) is 11.1 Å². The number of rotatable bonds is 4. The zero-order valence-corrected chi connectivity index (χ0v) is 14.4. The Bertz CT molecular complexity index is 821. The third kappa shape index (κ3) is 2.79. The summed E-state index contributed by atoms with van der Waals surface area (Å²) in [7, 11) is 0. The maximum Gasteiger partial charge on any atom is 0.364 e. The van der Waals surface area contributed by atoms with E-state index in [1.54, 1.807) is 30.3 Å². The first kappa shape index (κ1) is 17.5. The standard InChI is InChI=1S/C19H18ClNO4/c1-3-5-13-6-4-7-15-16(13)25-18(14-10-8-12(2)9-11-14)19(20,17(15)22)21(23)24/h3-4,6-11,17-18,22H,1,5H2,2H3/t17-,18-,19+/m0/s1. The lowest BCUT2D eigenvalue weighted by Crippen LogP contribution is -2.49. The molecule has 0 aromatic heterocycles. The number of hydrogen-bond acceptors (Lipinski definition) is 4. The van der Waals surface area contributed by atoms with Gasteiger partial charge in [-0.1, -0.05) is 54.1 Å². The minimum Gasteiger partial charge on any atom is -0.476 e. The van der Waals surface area contributed by atoms with Crippen molar-refractivity contribution >= 4 is 11.6 Å². The van der Waals surface area contributed by atoms with Crippen LogP contribution in [0.5, 0.6) is 5.75 Å². The van der Waals surface area contributed by atoms with Gasteiger partial charge in [0.1, 0.15) is 5.75 Å². The Morgan fingerprint density at radius 3 is 2.64 bits per heavy atom. The van der Waals surface area contributed by atoms with Crippen LogP contribution in [0.2, 0.25) is 0 Å². The van der Waals surface area contributed by atoms with Gasteiger partial charge < -0.3 is 9.84 Å². The minimum atomic E-state index is -2.21. The number of para-hydroxylation sites is 1. The number of benzene rings is 2. The Morgan fingerprint density at radius 2 is 2.04 bits per heavy atom. The Hall–Kier alpha value is -2.37. The molecule has 0 radical (unpaired) electrons. The van der Waals surface area contributed by atoms with Crippen LogP contribution in [-0.2, 0) is 6.42 Å². The summed E-state index contributed by atoms with van der Waals surface area (Å²) in [5.41, 5.74) is 2.66. The van der Waals surface area contributed by atoms with Crippen LogP contribution in [0.4, 0.5) is 0 Å². The molecule has 1 N–H and O–H groups in total. The van der Waals surface area contributed by atoms with E-state index < -0.39 is 22.1 Å². The lowest BCUT2D eigenvalue weighted by molar-refractivity contribution is -0.570. The third-order valence-corrected chi connectivity index (χ3v) is 4.98. The fraction of sp³-hybridized carbons (Fsp3) is 0.263. The number of halogens is 1. The first-order valence-corrected chi connectivity index (χ1v) is 8.24. The average Bonchev–Trinajstić information content (AvgIpc) is 2.59. The first-order chi connectivity index (χ1) is 11.9. The van der Waals surface area contributed by atoms with E-state index in [2.05, 4.69) is 6.58 Å². The molecule has 0 unspecified atom stereocenters. The van der Waals surface area contributed by atoms with Gasteiger partial charge in [-0.25, -0.2) is 0 Å². The van der Waals surface area contributed by atoms with Gasteiger partial charge in [-0.2, -0.15) is 0 Å². The van der Waals surface area contributed by atoms with Gasteiger partial charge in [0.15, 0.2) is 6.10 Å². The monoisotopic (exact) mass is 359 g/mol. The molecule has 130 valence electrons. The van der Waals surface area contributed by atoms with Crippen molar-refractivity contribution in [2.75, 3.05) is 0 Å². The highest BCUT2D eigenvalue weighted by atomic mass is 35.5. The molecular weight excluding hydrogens is 342 g/mol. The predicted octanol–water partition coefficient (Wildman–Crippen LogP) is 4.10. The Balaban J connectivity index is 2.19. The van der Waals surface area contributed by atoms with E-state index >= 15 is 0 Å². The highest BCUT2D eigenvalue weighted by Crippen LogP contribution is 2.52. The second kappa shape index (κ2) is 6.50. The Morgan fingerprint density at radius 1 is 1.36 bits per heavy atom. The highest BCUT2D eigenvalue weighted by Gasteiger charge is 2.61. The van der Waals surface area contributed by atoms with Crippen molar-refractivity contribution in [2.45, 2.75) is 30.6 Å². The van der Waals surface area contributed by atoms with Gasteiger partial charge in [0, 0.05) is 11.1 Å². The molecule has 0 saturated carbocycles. The van der Waals surface area contributed by atoms with Gasteiger partial charge in [-0.3, -0.25) is 10.1 Å². The molecule has 0 fully saturated rings. The number of allylic oxidation sites excluding steroid dienone is 1. The SMILES string of the molecule is C=CCc1cccc2c1O[C@@H](c1ccc(C)cc1)[C@](Cl)([N+](=O)[O-])[C@H]2O. The van der Waals surface area contributed by atoms with Gasteiger partial charge in [0.2, 0.25) is 6.10 Å². The van der Waals surface area contributed by atoms with Crippen LogP contribution in [0.3, 0.4) is 0 Å². The molecule has 1 aliphatic heterocycles. The summed E-state index contributed by atoms with van der Waals surface area (Å²) < 4.78 is 6.01. The number of nitrogens with zero attached hydrogens (tertiary/aromatic N) is 1. The second-order valence-electron chi connectivity index (χ2n) is 6.12. The summed E-state index contributed by atoms with van der Waals surface area (Å²) in [4.78, 5) is 8.89. The fourth-order valence-corrected chi connectivity index (χ4v) is 3.37. The molecule has 0 aliphatic carbocycles. The van der Waals surface area contributed by atoms with E-state index in [1.807, 2.05) is 25.1 Å². The summed E-state index contributed by atoms with van der Waals surface area (Å²) in [6, 6.07) is 12.3. The average molecular weight is 360 g/mol. The normalized spacial score (nSPS) is 24.9. The molecule has 1 heterocycles. The van der Waals surface area contributed by atoms with Crippen molar-refractivity contribution < 1.29 is 14.8 Å². The number of fused-ring (bicyclic) bond motifs is 1. The maximum absolute atomic E-state index is 11.8. The summed E-state index contributed by atoms with van der Waals surface area (Å²) in [5.74, 6) is 0.429. The molecule has 0 saturated heterocycles. The van der Waals surface area contributed by atoms with Crippen molar-refractivity contribution in [3.63, 3.8) is 0 Å². The number of nitro groups is 1. The van der Waals surface area contributed by atoms with Crippen molar-refractivity contribution in [2.24, 2.45) is 0 Å². The number of alkyl halides is 1. The number of ether oxygens (including phenoxy) is 1. The van der Waals surface area contributed by atoms with Gasteiger partial charge in [0.05, 0.1) is 4.92 Å². The van der Waals surface area contributed by atoms with Gasteiger partial charge >= 0.3 is 5.00 Å². The molecule has 25 heavy (non-hydrogen) atoms.